The normalized spacial score (nSPS) is 10.4. The van der Waals surface area contributed by atoms with Gasteiger partial charge in [-0.2, -0.15) is 0 Å². The molecule has 0 unspecified atom stereocenters. The molecule has 0 radical (unpaired) electrons. The van der Waals surface area contributed by atoms with E-state index in [0.29, 0.717) is 28.8 Å². The zero-order chi connectivity index (χ0) is 18.5. The van der Waals surface area contributed by atoms with Crippen LogP contribution in [0.2, 0.25) is 5.02 Å². The first-order valence-electron chi connectivity index (χ1n) is 7.95. The fourth-order valence-corrected chi connectivity index (χ4v) is 2.60. The van der Waals surface area contributed by atoms with Crippen molar-refractivity contribution in [1.29, 1.82) is 0 Å². The molecule has 3 rings (SSSR count). The summed E-state index contributed by atoms with van der Waals surface area (Å²) >= 11 is 6.06. The Kier molecular flexibility index (Phi) is 5.43. The standard InChI is InChI=1S/C19H17ClN2O4/c1-3-25-14-7-4-12(5-8-14)18-11-16(22-26-18)19(23)21-13-6-9-17(24-2)15(20)10-13/h4-11H,3H2,1-2H3,(H,21,23). The lowest BCUT2D eigenvalue weighted by atomic mass is 10.1. The average molecular weight is 373 g/mol. The quantitative estimate of drug-likeness (QED) is 0.681. The number of halogens is 1. The first kappa shape index (κ1) is 17.8. The Hall–Kier alpha value is -2.99. The van der Waals surface area contributed by atoms with Crippen LogP contribution in [0.15, 0.2) is 53.1 Å². The summed E-state index contributed by atoms with van der Waals surface area (Å²) in [7, 11) is 1.53. The number of aromatic nitrogens is 1. The number of methoxy groups -OCH3 is 1. The number of amides is 1. The molecule has 3 aromatic rings. The molecule has 1 N–H and O–H groups in total. The molecule has 1 amide bonds. The predicted molar refractivity (Wildman–Crippen MR) is 99.1 cm³/mol. The molecule has 0 aliphatic heterocycles. The Morgan fingerprint density at radius 3 is 2.62 bits per heavy atom. The number of nitrogens with one attached hydrogen (secondary N) is 1. The highest BCUT2D eigenvalue weighted by Crippen LogP contribution is 2.28. The van der Waals surface area contributed by atoms with Gasteiger partial charge in [0.25, 0.3) is 5.91 Å². The Labute approximate surface area is 155 Å². The van der Waals surface area contributed by atoms with Crippen LogP contribution in [0.5, 0.6) is 11.5 Å². The lowest BCUT2D eigenvalue weighted by Gasteiger charge is -2.06. The number of ether oxygens (including phenoxy) is 2. The molecule has 0 fully saturated rings. The van der Waals surface area contributed by atoms with E-state index in [1.54, 1.807) is 24.3 Å². The van der Waals surface area contributed by atoms with Gasteiger partial charge < -0.3 is 19.3 Å². The Balaban J connectivity index is 1.72. The third kappa shape index (κ3) is 3.97. The number of hydrogen-bond donors (Lipinski definition) is 1. The first-order chi connectivity index (χ1) is 12.6. The van der Waals surface area contributed by atoms with E-state index in [4.69, 9.17) is 25.6 Å². The number of benzene rings is 2. The molecule has 1 aromatic heterocycles. The molecule has 2 aromatic carbocycles. The van der Waals surface area contributed by atoms with E-state index in [1.807, 2.05) is 31.2 Å². The van der Waals surface area contributed by atoms with Crippen molar-refractivity contribution in [3.63, 3.8) is 0 Å². The van der Waals surface area contributed by atoms with Gasteiger partial charge in [-0.25, -0.2) is 0 Å². The van der Waals surface area contributed by atoms with Crippen molar-refractivity contribution in [3.8, 4) is 22.8 Å². The van der Waals surface area contributed by atoms with Crippen molar-refractivity contribution in [3.05, 3.63) is 59.2 Å². The maximum Gasteiger partial charge on any atom is 0.277 e. The zero-order valence-electron chi connectivity index (χ0n) is 14.3. The fraction of sp³-hybridized carbons (Fsp3) is 0.158. The van der Waals surface area contributed by atoms with Gasteiger partial charge in [0.1, 0.15) is 11.5 Å². The van der Waals surface area contributed by atoms with Gasteiger partial charge in [0.15, 0.2) is 11.5 Å². The topological polar surface area (TPSA) is 73.6 Å². The minimum Gasteiger partial charge on any atom is -0.495 e. The van der Waals surface area contributed by atoms with E-state index in [2.05, 4.69) is 10.5 Å². The summed E-state index contributed by atoms with van der Waals surface area (Å²) in [6, 6.07) is 13.9. The number of nitrogens with zero attached hydrogens (tertiary/aromatic N) is 1. The molecule has 0 saturated heterocycles. The van der Waals surface area contributed by atoms with E-state index in [1.165, 1.54) is 7.11 Å². The van der Waals surface area contributed by atoms with Crippen molar-refractivity contribution < 1.29 is 18.8 Å². The van der Waals surface area contributed by atoms with Crippen molar-refractivity contribution >= 4 is 23.2 Å². The van der Waals surface area contributed by atoms with E-state index in [0.717, 1.165) is 11.3 Å². The van der Waals surface area contributed by atoms with Gasteiger partial charge in [-0.15, -0.1) is 0 Å². The lowest BCUT2D eigenvalue weighted by Crippen LogP contribution is -2.12. The van der Waals surface area contributed by atoms with Gasteiger partial charge in [0, 0.05) is 17.3 Å². The second-order valence-corrected chi connectivity index (χ2v) is 5.74. The Bertz CT molecular complexity index is 906. The van der Waals surface area contributed by atoms with Crippen LogP contribution in [-0.2, 0) is 0 Å². The predicted octanol–water partition coefficient (Wildman–Crippen LogP) is 4.65. The van der Waals surface area contributed by atoms with Crippen LogP contribution in [0.1, 0.15) is 17.4 Å². The minimum absolute atomic E-state index is 0.167. The molecule has 134 valence electrons. The summed E-state index contributed by atoms with van der Waals surface area (Å²) < 4.78 is 15.8. The summed E-state index contributed by atoms with van der Waals surface area (Å²) in [4.78, 5) is 12.3. The van der Waals surface area contributed by atoms with Crippen molar-refractivity contribution in [2.24, 2.45) is 0 Å². The molecule has 0 atom stereocenters. The summed E-state index contributed by atoms with van der Waals surface area (Å²) in [5.41, 5.74) is 1.50. The number of anilines is 1. The molecule has 0 aliphatic carbocycles. The van der Waals surface area contributed by atoms with Crippen molar-refractivity contribution in [1.82, 2.24) is 5.16 Å². The van der Waals surface area contributed by atoms with E-state index >= 15 is 0 Å². The Morgan fingerprint density at radius 2 is 1.96 bits per heavy atom. The van der Waals surface area contributed by atoms with E-state index in [-0.39, 0.29) is 5.69 Å². The van der Waals surface area contributed by atoms with Gasteiger partial charge in [-0.3, -0.25) is 4.79 Å². The highest BCUT2D eigenvalue weighted by atomic mass is 35.5. The van der Waals surface area contributed by atoms with Crippen LogP contribution in [0.4, 0.5) is 5.69 Å². The number of carbonyl (C=O) groups excluding carboxylic acids is 1. The number of carbonyl (C=O) groups is 1. The van der Waals surface area contributed by atoms with Gasteiger partial charge >= 0.3 is 0 Å². The second-order valence-electron chi connectivity index (χ2n) is 5.34. The van der Waals surface area contributed by atoms with Crippen molar-refractivity contribution in [2.75, 3.05) is 19.0 Å². The summed E-state index contributed by atoms with van der Waals surface area (Å²) in [6.45, 7) is 2.52. The molecule has 0 spiro atoms. The monoisotopic (exact) mass is 372 g/mol. The molecule has 0 saturated carbocycles. The molecule has 7 heteroatoms. The SMILES string of the molecule is CCOc1ccc(-c2cc(C(=O)Nc3ccc(OC)c(Cl)c3)no2)cc1. The summed E-state index contributed by atoms with van der Waals surface area (Å²) in [5.74, 6) is 1.40. The molecule has 0 bridgehead atoms. The molecule has 26 heavy (non-hydrogen) atoms. The average Bonchev–Trinajstić information content (AvgIpc) is 3.13. The van der Waals surface area contributed by atoms with Crippen LogP contribution in [-0.4, -0.2) is 24.8 Å². The molecule has 0 aliphatic rings. The zero-order valence-corrected chi connectivity index (χ0v) is 15.0. The van der Waals surface area contributed by atoms with Crippen LogP contribution >= 0.6 is 11.6 Å². The fourth-order valence-electron chi connectivity index (χ4n) is 2.34. The van der Waals surface area contributed by atoms with Gasteiger partial charge in [-0.1, -0.05) is 16.8 Å². The highest BCUT2D eigenvalue weighted by Gasteiger charge is 2.15. The van der Waals surface area contributed by atoms with Gasteiger partial charge in [-0.05, 0) is 49.4 Å². The minimum atomic E-state index is -0.396. The second kappa shape index (κ2) is 7.93. The first-order valence-corrected chi connectivity index (χ1v) is 8.33. The molecular weight excluding hydrogens is 356 g/mol. The van der Waals surface area contributed by atoms with Gasteiger partial charge in [0.05, 0.1) is 18.7 Å². The highest BCUT2D eigenvalue weighted by molar-refractivity contribution is 6.32. The summed E-state index contributed by atoms with van der Waals surface area (Å²) in [6.07, 6.45) is 0. The largest absolute Gasteiger partial charge is 0.495 e. The van der Waals surface area contributed by atoms with Crippen LogP contribution in [0.3, 0.4) is 0 Å². The van der Waals surface area contributed by atoms with E-state index < -0.39 is 5.91 Å². The molecule has 6 nitrogen and oxygen atoms in total. The summed E-state index contributed by atoms with van der Waals surface area (Å²) in [5, 5.41) is 6.95. The molecular formula is C19H17ClN2O4. The van der Waals surface area contributed by atoms with Crippen LogP contribution in [0.25, 0.3) is 11.3 Å². The van der Waals surface area contributed by atoms with Crippen LogP contribution < -0.4 is 14.8 Å². The lowest BCUT2D eigenvalue weighted by molar-refractivity contribution is 0.101. The smallest absolute Gasteiger partial charge is 0.277 e. The number of hydrogen-bond acceptors (Lipinski definition) is 5. The van der Waals surface area contributed by atoms with Crippen molar-refractivity contribution in [2.45, 2.75) is 6.92 Å². The third-order valence-electron chi connectivity index (χ3n) is 3.60. The maximum absolute atomic E-state index is 12.3. The third-order valence-corrected chi connectivity index (χ3v) is 3.90. The van der Waals surface area contributed by atoms with Crippen LogP contribution in [0, 0.1) is 0 Å². The van der Waals surface area contributed by atoms with Gasteiger partial charge in [0.2, 0.25) is 0 Å². The van der Waals surface area contributed by atoms with E-state index in [9.17, 15) is 4.79 Å². The number of rotatable bonds is 6. The maximum atomic E-state index is 12.3. The molecule has 1 heterocycles. The Morgan fingerprint density at radius 1 is 1.19 bits per heavy atom.